The minimum absolute atomic E-state index is 0.0257. The first-order valence-electron chi connectivity index (χ1n) is 25.9. The van der Waals surface area contributed by atoms with Gasteiger partial charge in [0.2, 0.25) is 5.91 Å². The van der Waals surface area contributed by atoms with Gasteiger partial charge in [-0.25, -0.2) is 0 Å². The molecular formula is C54H99NO5. The lowest BCUT2D eigenvalue weighted by molar-refractivity contribution is -0.143. The van der Waals surface area contributed by atoms with Gasteiger partial charge in [-0.3, -0.25) is 9.59 Å². The number of allylic oxidation sites excluding steroid dienone is 7. The number of esters is 1. The fraction of sp³-hybridized carbons (Fsp3) is 0.815. The molecule has 0 aliphatic carbocycles. The van der Waals surface area contributed by atoms with Crippen LogP contribution in [0.2, 0.25) is 0 Å². The van der Waals surface area contributed by atoms with Crippen LogP contribution in [0.25, 0.3) is 0 Å². The van der Waals surface area contributed by atoms with Crippen molar-refractivity contribution in [1.82, 2.24) is 5.32 Å². The molecule has 1 amide bonds. The van der Waals surface area contributed by atoms with E-state index < -0.39 is 12.1 Å². The number of hydrogen-bond donors (Lipinski definition) is 3. The van der Waals surface area contributed by atoms with Gasteiger partial charge in [0, 0.05) is 12.8 Å². The Morgan fingerprint density at radius 1 is 0.467 bits per heavy atom. The third-order valence-corrected chi connectivity index (χ3v) is 11.6. The number of amides is 1. The highest BCUT2D eigenvalue weighted by Gasteiger charge is 2.18. The molecule has 2 atom stereocenters. The normalized spacial score (nSPS) is 13.1. The number of rotatable bonds is 47. The lowest BCUT2D eigenvalue weighted by Crippen LogP contribution is -2.45. The molecule has 0 aromatic carbocycles. The third kappa shape index (κ3) is 45.3. The van der Waals surface area contributed by atoms with Gasteiger partial charge in [0.15, 0.2) is 0 Å². The zero-order valence-corrected chi connectivity index (χ0v) is 39.7. The quantitative estimate of drug-likeness (QED) is 0.0322. The maximum Gasteiger partial charge on any atom is 0.305 e. The van der Waals surface area contributed by atoms with E-state index in [1.807, 2.05) is 6.08 Å². The Labute approximate surface area is 372 Å². The molecule has 2 unspecified atom stereocenters. The fourth-order valence-electron chi connectivity index (χ4n) is 7.54. The van der Waals surface area contributed by atoms with Crippen LogP contribution in [0.1, 0.15) is 258 Å². The smallest absolute Gasteiger partial charge is 0.305 e. The molecule has 0 heterocycles. The fourth-order valence-corrected chi connectivity index (χ4v) is 7.54. The summed E-state index contributed by atoms with van der Waals surface area (Å²) < 4.78 is 5.45. The Bertz CT molecular complexity index is 1020. The van der Waals surface area contributed by atoms with Crippen LogP contribution >= 0.6 is 0 Å². The summed E-state index contributed by atoms with van der Waals surface area (Å²) in [5, 5.41) is 23.0. The van der Waals surface area contributed by atoms with E-state index in [1.165, 1.54) is 148 Å². The van der Waals surface area contributed by atoms with E-state index in [2.05, 4.69) is 55.6 Å². The van der Waals surface area contributed by atoms with Crippen molar-refractivity contribution in [2.24, 2.45) is 0 Å². The molecule has 0 aromatic rings. The van der Waals surface area contributed by atoms with Gasteiger partial charge >= 0.3 is 5.97 Å². The summed E-state index contributed by atoms with van der Waals surface area (Å²) in [5.74, 6) is -0.112. The Hall–Kier alpha value is -2.18. The van der Waals surface area contributed by atoms with Gasteiger partial charge in [0.1, 0.15) is 0 Å². The van der Waals surface area contributed by atoms with Crippen LogP contribution in [-0.2, 0) is 14.3 Å². The highest BCUT2D eigenvalue weighted by Crippen LogP contribution is 2.14. The molecule has 6 heteroatoms. The summed E-state index contributed by atoms with van der Waals surface area (Å²) in [7, 11) is 0. The predicted molar refractivity (Wildman–Crippen MR) is 259 cm³/mol. The van der Waals surface area contributed by atoms with Crippen molar-refractivity contribution >= 4 is 11.9 Å². The maximum atomic E-state index is 12.4. The van der Waals surface area contributed by atoms with Crippen molar-refractivity contribution < 1.29 is 24.5 Å². The summed E-state index contributed by atoms with van der Waals surface area (Å²) in [6.45, 7) is 4.82. The van der Waals surface area contributed by atoms with Crippen LogP contribution < -0.4 is 5.32 Å². The number of hydrogen-bond acceptors (Lipinski definition) is 5. The molecule has 0 aliphatic heterocycles. The summed E-state index contributed by atoms with van der Waals surface area (Å²) >= 11 is 0. The van der Waals surface area contributed by atoms with E-state index in [4.69, 9.17) is 4.74 Å². The highest BCUT2D eigenvalue weighted by atomic mass is 16.5. The van der Waals surface area contributed by atoms with Crippen LogP contribution in [0.5, 0.6) is 0 Å². The number of carbonyl (C=O) groups excluding carboxylic acids is 2. The summed E-state index contributed by atoms with van der Waals surface area (Å²) in [6.07, 6.45) is 61.1. The van der Waals surface area contributed by atoms with Crippen molar-refractivity contribution in [1.29, 1.82) is 0 Å². The number of carbonyl (C=O) groups is 2. The van der Waals surface area contributed by atoms with Crippen LogP contribution in [-0.4, -0.2) is 47.4 Å². The van der Waals surface area contributed by atoms with Crippen molar-refractivity contribution in [2.75, 3.05) is 13.2 Å². The van der Waals surface area contributed by atoms with Crippen LogP contribution in [0.15, 0.2) is 48.6 Å². The standard InChI is InChI=1S/C54H99NO5/c1-3-5-7-9-11-13-15-17-18-21-24-28-32-36-40-44-48-54(59)60-49-45-41-37-33-29-25-22-19-20-23-27-31-35-39-43-47-53(58)55-51(50-56)52(57)46-42-38-34-30-26-16-14-12-10-8-6-4-2/h13,15,18,21-22,25,42,46,51-52,56-57H,3-12,14,16-17,19-20,23-24,26-41,43-45,47-50H2,1-2H3,(H,55,58)/b15-13-,21-18-,25-22-,46-42+. The minimum atomic E-state index is -0.854. The van der Waals surface area contributed by atoms with Crippen molar-refractivity contribution in [3.63, 3.8) is 0 Å². The highest BCUT2D eigenvalue weighted by molar-refractivity contribution is 5.76. The summed E-state index contributed by atoms with van der Waals surface area (Å²) in [6, 6.07) is -0.639. The van der Waals surface area contributed by atoms with Crippen LogP contribution in [0.3, 0.4) is 0 Å². The van der Waals surface area contributed by atoms with Gasteiger partial charge in [-0.1, -0.05) is 204 Å². The largest absolute Gasteiger partial charge is 0.466 e. The van der Waals surface area contributed by atoms with Gasteiger partial charge < -0.3 is 20.3 Å². The Kier molecular flexibility index (Phi) is 47.7. The molecule has 0 radical (unpaired) electrons. The van der Waals surface area contributed by atoms with Crippen LogP contribution in [0, 0.1) is 0 Å². The van der Waals surface area contributed by atoms with Gasteiger partial charge in [-0.2, -0.15) is 0 Å². The van der Waals surface area contributed by atoms with E-state index in [0.29, 0.717) is 19.4 Å². The molecule has 0 fully saturated rings. The zero-order valence-electron chi connectivity index (χ0n) is 39.7. The first-order valence-corrected chi connectivity index (χ1v) is 25.9. The molecule has 0 rings (SSSR count). The number of ether oxygens (including phenoxy) is 1. The van der Waals surface area contributed by atoms with Gasteiger partial charge in [-0.15, -0.1) is 0 Å². The monoisotopic (exact) mass is 842 g/mol. The molecule has 60 heavy (non-hydrogen) atoms. The van der Waals surface area contributed by atoms with E-state index in [9.17, 15) is 19.8 Å². The van der Waals surface area contributed by atoms with E-state index in [-0.39, 0.29) is 18.5 Å². The number of nitrogens with one attached hydrogen (secondary N) is 1. The maximum absolute atomic E-state index is 12.4. The number of aliphatic hydroxyl groups excluding tert-OH is 2. The Balaban J connectivity index is 3.52. The second-order valence-corrected chi connectivity index (χ2v) is 17.5. The summed E-state index contributed by atoms with van der Waals surface area (Å²) in [5.41, 5.74) is 0. The van der Waals surface area contributed by atoms with Gasteiger partial charge in [0.05, 0.1) is 25.4 Å². The molecule has 0 bridgehead atoms. The Morgan fingerprint density at radius 2 is 0.833 bits per heavy atom. The first-order chi connectivity index (χ1) is 29.5. The van der Waals surface area contributed by atoms with Gasteiger partial charge in [-0.05, 0) is 89.9 Å². The van der Waals surface area contributed by atoms with Crippen LogP contribution in [0.4, 0.5) is 0 Å². The lowest BCUT2D eigenvalue weighted by atomic mass is 10.1. The van der Waals surface area contributed by atoms with Crippen molar-refractivity contribution in [2.45, 2.75) is 270 Å². The summed E-state index contributed by atoms with van der Waals surface area (Å²) in [4.78, 5) is 24.4. The molecule has 0 aromatic heterocycles. The molecular weight excluding hydrogens is 743 g/mol. The van der Waals surface area contributed by atoms with Crippen molar-refractivity contribution in [3.8, 4) is 0 Å². The molecule has 0 spiro atoms. The SMILES string of the molecule is CCCCCC/C=C\C/C=C\CCCCCCCC(=O)OCCCCCC/C=C\CCCCCCCCCC(=O)NC(CO)C(O)/C=C/CCCCCCCCCCCC. The molecule has 0 saturated heterocycles. The van der Waals surface area contributed by atoms with E-state index in [1.54, 1.807) is 6.08 Å². The second kappa shape index (κ2) is 49.5. The molecule has 6 nitrogen and oxygen atoms in total. The average molecular weight is 842 g/mol. The minimum Gasteiger partial charge on any atom is -0.466 e. The topological polar surface area (TPSA) is 95.9 Å². The number of unbranched alkanes of at least 4 members (excludes halogenated alkanes) is 30. The third-order valence-electron chi connectivity index (χ3n) is 11.6. The van der Waals surface area contributed by atoms with Crippen molar-refractivity contribution in [3.05, 3.63) is 48.6 Å². The van der Waals surface area contributed by atoms with E-state index >= 15 is 0 Å². The number of aliphatic hydroxyl groups is 2. The molecule has 0 saturated carbocycles. The zero-order chi connectivity index (χ0) is 43.7. The lowest BCUT2D eigenvalue weighted by Gasteiger charge is -2.20. The van der Waals surface area contributed by atoms with E-state index in [0.717, 1.165) is 83.5 Å². The Morgan fingerprint density at radius 3 is 1.30 bits per heavy atom. The van der Waals surface area contributed by atoms with Gasteiger partial charge in [0.25, 0.3) is 0 Å². The molecule has 0 aliphatic rings. The predicted octanol–water partition coefficient (Wildman–Crippen LogP) is 15.5. The average Bonchev–Trinajstić information content (AvgIpc) is 3.25. The first kappa shape index (κ1) is 57.8. The second-order valence-electron chi connectivity index (χ2n) is 17.5. The molecule has 3 N–H and O–H groups in total. The molecule has 350 valence electrons.